The van der Waals surface area contributed by atoms with Gasteiger partial charge in [0.05, 0.1) is 18.7 Å². The number of hydrogen-bond acceptors (Lipinski definition) is 6. The topological polar surface area (TPSA) is 97.9 Å². The predicted octanol–water partition coefficient (Wildman–Crippen LogP) is 2.08. The van der Waals surface area contributed by atoms with E-state index in [1.165, 1.54) is 5.56 Å². The average molecular weight is 379 g/mol. The molecule has 8 heteroatoms. The lowest BCUT2D eigenvalue weighted by atomic mass is 9.89. The summed E-state index contributed by atoms with van der Waals surface area (Å²) in [6.07, 6.45) is 1.13. The quantitative estimate of drug-likeness (QED) is 0.720. The average Bonchev–Trinajstić information content (AvgIpc) is 3.41. The standard InChI is InChI=1S/C20H25N7O/c1-13-17(18(21)23-22-13)19-24-25-20(27(19)9-14-5-3-2-4-6-14)26-8-7-15-11-28-12-16(15)10-26/h2-6,15-16H,7-12H2,1H3,(H3,21,22,23). The fourth-order valence-corrected chi connectivity index (χ4v) is 4.40. The van der Waals surface area contributed by atoms with Gasteiger partial charge in [0.15, 0.2) is 11.6 Å². The number of nitrogens with zero attached hydrogens (tertiary/aromatic N) is 5. The van der Waals surface area contributed by atoms with E-state index in [-0.39, 0.29) is 0 Å². The van der Waals surface area contributed by atoms with Gasteiger partial charge in [-0.15, -0.1) is 10.2 Å². The van der Waals surface area contributed by atoms with Gasteiger partial charge in [0.25, 0.3) is 0 Å². The SMILES string of the molecule is Cc1[nH]nc(N)c1-c1nnc(N2CCC3COCC3C2)n1Cc1ccccc1. The van der Waals surface area contributed by atoms with Gasteiger partial charge in [-0.1, -0.05) is 30.3 Å². The van der Waals surface area contributed by atoms with Crippen LogP contribution in [0.5, 0.6) is 0 Å². The molecule has 0 amide bonds. The monoisotopic (exact) mass is 379 g/mol. The fourth-order valence-electron chi connectivity index (χ4n) is 4.40. The lowest BCUT2D eigenvalue weighted by Gasteiger charge is -2.34. The Morgan fingerprint density at radius 1 is 1.18 bits per heavy atom. The highest BCUT2D eigenvalue weighted by atomic mass is 16.5. The van der Waals surface area contributed by atoms with Crippen LogP contribution in [0.25, 0.3) is 11.4 Å². The molecule has 2 aliphatic rings. The molecule has 0 aliphatic carbocycles. The van der Waals surface area contributed by atoms with Crippen molar-refractivity contribution < 1.29 is 4.74 Å². The van der Waals surface area contributed by atoms with E-state index >= 15 is 0 Å². The lowest BCUT2D eigenvalue weighted by Crippen LogP contribution is -2.41. The van der Waals surface area contributed by atoms with E-state index in [1.54, 1.807) is 0 Å². The zero-order valence-corrected chi connectivity index (χ0v) is 16.0. The highest BCUT2D eigenvalue weighted by Gasteiger charge is 2.36. The number of hydrogen-bond donors (Lipinski definition) is 2. The van der Waals surface area contributed by atoms with Gasteiger partial charge in [-0.2, -0.15) is 5.10 Å². The number of nitrogens with two attached hydrogens (primary N) is 1. The van der Waals surface area contributed by atoms with Crippen LogP contribution in [-0.4, -0.2) is 51.3 Å². The summed E-state index contributed by atoms with van der Waals surface area (Å²) >= 11 is 0. The Bertz CT molecular complexity index is 945. The number of rotatable bonds is 4. The highest BCUT2D eigenvalue weighted by molar-refractivity contribution is 5.72. The summed E-state index contributed by atoms with van der Waals surface area (Å²) in [7, 11) is 0. The number of piperidine rings is 1. The molecule has 146 valence electrons. The van der Waals surface area contributed by atoms with Gasteiger partial charge < -0.3 is 15.4 Å². The third-order valence-electron chi connectivity index (χ3n) is 5.95. The van der Waals surface area contributed by atoms with Crippen LogP contribution in [0, 0.1) is 18.8 Å². The molecule has 2 unspecified atom stereocenters. The highest BCUT2D eigenvalue weighted by Crippen LogP contribution is 2.34. The molecule has 1 aromatic carbocycles. The summed E-state index contributed by atoms with van der Waals surface area (Å²) in [6, 6.07) is 10.4. The smallest absolute Gasteiger partial charge is 0.227 e. The number of H-pyrrole nitrogens is 1. The maximum absolute atomic E-state index is 6.14. The van der Waals surface area contributed by atoms with Crippen molar-refractivity contribution in [3.8, 4) is 11.4 Å². The summed E-state index contributed by atoms with van der Waals surface area (Å²) in [4.78, 5) is 2.35. The van der Waals surface area contributed by atoms with Crippen LogP contribution < -0.4 is 10.6 Å². The second-order valence-electron chi connectivity index (χ2n) is 7.80. The molecule has 0 spiro atoms. The van der Waals surface area contributed by atoms with Gasteiger partial charge in [-0.25, -0.2) is 0 Å². The summed E-state index contributed by atoms with van der Waals surface area (Å²) in [5.41, 5.74) is 9.06. The minimum absolute atomic E-state index is 0.452. The molecule has 8 nitrogen and oxygen atoms in total. The number of aryl methyl sites for hydroxylation is 1. The van der Waals surface area contributed by atoms with Crippen LogP contribution in [0.3, 0.4) is 0 Å². The molecule has 0 bridgehead atoms. The number of nitrogens with one attached hydrogen (secondary N) is 1. The Morgan fingerprint density at radius 3 is 2.79 bits per heavy atom. The van der Waals surface area contributed by atoms with E-state index in [0.29, 0.717) is 24.2 Å². The van der Waals surface area contributed by atoms with E-state index in [4.69, 9.17) is 10.5 Å². The number of ether oxygens (including phenoxy) is 1. The molecule has 0 radical (unpaired) electrons. The molecule has 3 aromatic rings. The van der Waals surface area contributed by atoms with Crippen molar-refractivity contribution in [3.63, 3.8) is 0 Å². The molecular formula is C20H25N7O. The first kappa shape index (κ1) is 17.2. The molecule has 2 saturated heterocycles. The first-order valence-corrected chi connectivity index (χ1v) is 9.81. The Kier molecular flexibility index (Phi) is 4.27. The first-order chi connectivity index (χ1) is 13.7. The largest absolute Gasteiger partial charge is 0.382 e. The van der Waals surface area contributed by atoms with Crippen molar-refractivity contribution >= 4 is 11.8 Å². The van der Waals surface area contributed by atoms with Crippen molar-refractivity contribution in [1.82, 2.24) is 25.0 Å². The van der Waals surface area contributed by atoms with Crippen LogP contribution in [0.2, 0.25) is 0 Å². The molecule has 3 N–H and O–H groups in total. The van der Waals surface area contributed by atoms with E-state index in [1.807, 2.05) is 13.0 Å². The van der Waals surface area contributed by atoms with Gasteiger partial charge in [-0.05, 0) is 24.8 Å². The molecule has 2 aromatic heterocycles. The maximum atomic E-state index is 6.14. The van der Waals surface area contributed by atoms with E-state index in [0.717, 1.165) is 55.8 Å². The van der Waals surface area contributed by atoms with Gasteiger partial charge >= 0.3 is 0 Å². The number of aromatic amines is 1. The van der Waals surface area contributed by atoms with Crippen molar-refractivity contribution in [2.24, 2.45) is 11.8 Å². The Morgan fingerprint density at radius 2 is 2.00 bits per heavy atom. The number of anilines is 2. The third-order valence-corrected chi connectivity index (χ3v) is 5.95. The van der Waals surface area contributed by atoms with Crippen LogP contribution in [0.4, 0.5) is 11.8 Å². The first-order valence-electron chi connectivity index (χ1n) is 9.81. The molecule has 4 heterocycles. The molecule has 2 atom stereocenters. The van der Waals surface area contributed by atoms with Crippen LogP contribution in [0.15, 0.2) is 30.3 Å². The van der Waals surface area contributed by atoms with E-state index in [2.05, 4.69) is 54.1 Å². The van der Waals surface area contributed by atoms with Gasteiger partial charge in [0.1, 0.15) is 0 Å². The minimum atomic E-state index is 0.452. The second-order valence-corrected chi connectivity index (χ2v) is 7.80. The summed E-state index contributed by atoms with van der Waals surface area (Å²) in [5.74, 6) is 3.35. The zero-order valence-electron chi connectivity index (χ0n) is 16.0. The number of fused-ring (bicyclic) bond motifs is 1. The summed E-state index contributed by atoms with van der Waals surface area (Å²) < 4.78 is 7.87. The van der Waals surface area contributed by atoms with Crippen molar-refractivity contribution in [3.05, 3.63) is 41.6 Å². The van der Waals surface area contributed by atoms with Gasteiger partial charge in [-0.3, -0.25) is 9.67 Å². The van der Waals surface area contributed by atoms with Gasteiger partial charge in [0, 0.05) is 31.3 Å². The molecule has 2 aliphatic heterocycles. The normalized spacial score (nSPS) is 21.8. The second kappa shape index (κ2) is 6.94. The zero-order chi connectivity index (χ0) is 19.1. The molecule has 28 heavy (non-hydrogen) atoms. The minimum Gasteiger partial charge on any atom is -0.382 e. The Labute approximate surface area is 163 Å². The van der Waals surface area contributed by atoms with E-state index in [9.17, 15) is 0 Å². The maximum Gasteiger partial charge on any atom is 0.227 e. The Balaban J connectivity index is 1.55. The molecule has 0 saturated carbocycles. The third kappa shape index (κ3) is 2.93. The van der Waals surface area contributed by atoms with Crippen LogP contribution in [0.1, 0.15) is 17.7 Å². The van der Waals surface area contributed by atoms with Crippen molar-refractivity contribution in [2.75, 3.05) is 36.9 Å². The number of benzene rings is 1. The predicted molar refractivity (Wildman–Crippen MR) is 107 cm³/mol. The fraction of sp³-hybridized carbons (Fsp3) is 0.450. The van der Waals surface area contributed by atoms with Crippen molar-refractivity contribution in [2.45, 2.75) is 19.9 Å². The molecule has 2 fully saturated rings. The summed E-state index contributed by atoms with van der Waals surface area (Å²) in [5, 5.41) is 16.2. The number of aromatic nitrogens is 5. The molecule has 5 rings (SSSR count). The van der Waals surface area contributed by atoms with E-state index < -0.39 is 0 Å². The Hall–Kier alpha value is -2.87. The molecular weight excluding hydrogens is 354 g/mol. The van der Waals surface area contributed by atoms with Gasteiger partial charge in [0.2, 0.25) is 5.95 Å². The number of nitrogen functional groups attached to an aromatic ring is 1. The van der Waals surface area contributed by atoms with Crippen molar-refractivity contribution in [1.29, 1.82) is 0 Å². The van der Waals surface area contributed by atoms with Crippen LogP contribution >= 0.6 is 0 Å². The van der Waals surface area contributed by atoms with Crippen LogP contribution in [-0.2, 0) is 11.3 Å². The summed E-state index contributed by atoms with van der Waals surface area (Å²) in [6.45, 7) is 6.31. The lowest BCUT2D eigenvalue weighted by molar-refractivity contribution is 0.182.